The predicted molar refractivity (Wildman–Crippen MR) is 127 cm³/mol. The number of rotatable bonds is 7. The van der Waals surface area contributed by atoms with E-state index in [1.54, 1.807) is 24.3 Å². The number of carbonyl (C=O) groups is 2. The van der Waals surface area contributed by atoms with E-state index >= 15 is 0 Å². The summed E-state index contributed by atoms with van der Waals surface area (Å²) in [6.07, 6.45) is -3.54. The summed E-state index contributed by atoms with van der Waals surface area (Å²) >= 11 is 5.85. The number of aromatic nitrogens is 1. The minimum atomic E-state index is -4.56. The molecular weight excluding hydrogens is 503 g/mol. The molecule has 0 saturated carbocycles. The van der Waals surface area contributed by atoms with E-state index in [-0.39, 0.29) is 23.7 Å². The summed E-state index contributed by atoms with van der Waals surface area (Å²) in [5.41, 5.74) is 0.757. The number of hydrogen-bond donors (Lipinski definition) is 1. The normalized spacial score (nSPS) is 13.8. The summed E-state index contributed by atoms with van der Waals surface area (Å²) < 4.78 is 53.4. The van der Waals surface area contributed by atoms with Crippen LogP contribution in [0.4, 0.5) is 18.0 Å². The maximum Gasteiger partial charge on any atom is 0.422 e. The topological polar surface area (TPSA) is 90.0 Å². The van der Waals surface area contributed by atoms with Crippen molar-refractivity contribution >= 4 is 23.6 Å². The molecule has 2 amide bonds. The zero-order valence-electron chi connectivity index (χ0n) is 20.2. The number of methoxy groups -OCH3 is 1. The Balaban J connectivity index is 0.00000222. The SMILES string of the molecule is CC.COC(=O)N1CCC(Oc2cc(C(=O)NCc3ccc(Cl)cc3)ncc2OCC(F)(F)F)CC1. The number of nitrogens with one attached hydrogen (secondary N) is 1. The van der Waals surface area contributed by atoms with Crippen LogP contribution in [0, 0.1) is 0 Å². The fourth-order valence-corrected chi connectivity index (χ4v) is 3.37. The number of benzene rings is 1. The highest BCUT2D eigenvalue weighted by molar-refractivity contribution is 6.30. The molecule has 8 nitrogen and oxygen atoms in total. The highest BCUT2D eigenvalue weighted by Crippen LogP contribution is 2.31. The average Bonchev–Trinajstić information content (AvgIpc) is 2.88. The molecule has 36 heavy (non-hydrogen) atoms. The lowest BCUT2D eigenvalue weighted by atomic mass is 10.1. The molecule has 198 valence electrons. The second kappa shape index (κ2) is 13.8. The Labute approximate surface area is 212 Å². The molecule has 3 rings (SSSR count). The van der Waals surface area contributed by atoms with Gasteiger partial charge in [-0.1, -0.05) is 37.6 Å². The number of amides is 2. The minimum absolute atomic E-state index is 0.0348. The van der Waals surface area contributed by atoms with E-state index in [1.807, 2.05) is 13.8 Å². The summed E-state index contributed by atoms with van der Waals surface area (Å²) in [5, 5.41) is 3.25. The minimum Gasteiger partial charge on any atom is -0.486 e. The third kappa shape index (κ3) is 9.10. The molecule has 2 heterocycles. The van der Waals surface area contributed by atoms with E-state index in [1.165, 1.54) is 18.1 Å². The van der Waals surface area contributed by atoms with Crippen molar-refractivity contribution in [3.05, 3.63) is 52.8 Å². The first-order valence-electron chi connectivity index (χ1n) is 11.4. The van der Waals surface area contributed by atoms with Crippen molar-refractivity contribution in [2.45, 2.75) is 45.5 Å². The molecule has 0 spiro atoms. The van der Waals surface area contributed by atoms with Crippen molar-refractivity contribution in [1.82, 2.24) is 15.2 Å². The van der Waals surface area contributed by atoms with Crippen molar-refractivity contribution in [2.24, 2.45) is 0 Å². The van der Waals surface area contributed by atoms with Crippen LogP contribution in [-0.4, -0.2) is 61.0 Å². The van der Waals surface area contributed by atoms with Gasteiger partial charge >= 0.3 is 12.3 Å². The van der Waals surface area contributed by atoms with Crippen molar-refractivity contribution < 1.29 is 37.0 Å². The van der Waals surface area contributed by atoms with Gasteiger partial charge in [-0.15, -0.1) is 0 Å². The fraction of sp³-hybridized carbons (Fsp3) is 0.458. The lowest BCUT2D eigenvalue weighted by Gasteiger charge is -2.31. The van der Waals surface area contributed by atoms with Crippen molar-refractivity contribution in [3.63, 3.8) is 0 Å². The molecule has 1 aliphatic heterocycles. The Morgan fingerprint density at radius 2 is 1.78 bits per heavy atom. The van der Waals surface area contributed by atoms with Gasteiger partial charge < -0.3 is 24.4 Å². The molecule has 1 saturated heterocycles. The predicted octanol–water partition coefficient (Wildman–Crippen LogP) is 5.24. The third-order valence-electron chi connectivity index (χ3n) is 4.99. The number of pyridine rings is 1. The smallest absolute Gasteiger partial charge is 0.422 e. The Hall–Kier alpha value is -3.21. The van der Waals surface area contributed by atoms with Gasteiger partial charge in [-0.2, -0.15) is 13.2 Å². The lowest BCUT2D eigenvalue weighted by Crippen LogP contribution is -2.41. The molecule has 1 fully saturated rings. The summed E-state index contributed by atoms with van der Waals surface area (Å²) in [5.74, 6) is -0.808. The van der Waals surface area contributed by atoms with Gasteiger partial charge in [-0.3, -0.25) is 4.79 Å². The first kappa shape index (κ1) is 29.0. The number of hydrogen-bond acceptors (Lipinski definition) is 6. The van der Waals surface area contributed by atoms with E-state index in [0.717, 1.165) is 11.8 Å². The highest BCUT2D eigenvalue weighted by atomic mass is 35.5. The van der Waals surface area contributed by atoms with Crippen LogP contribution in [0.1, 0.15) is 42.7 Å². The summed E-state index contributed by atoms with van der Waals surface area (Å²) in [7, 11) is 1.28. The Kier molecular flexibility index (Phi) is 11.1. The van der Waals surface area contributed by atoms with Gasteiger partial charge in [0.25, 0.3) is 5.91 Å². The number of likely N-dealkylation sites (tertiary alicyclic amines) is 1. The van der Waals surface area contributed by atoms with Gasteiger partial charge in [-0.25, -0.2) is 9.78 Å². The second-order valence-electron chi connectivity index (χ2n) is 7.50. The Bertz CT molecular complexity index is 997. The molecule has 0 aliphatic carbocycles. The lowest BCUT2D eigenvalue weighted by molar-refractivity contribution is -0.153. The van der Waals surface area contributed by atoms with E-state index in [9.17, 15) is 22.8 Å². The van der Waals surface area contributed by atoms with Crippen LogP contribution in [-0.2, 0) is 11.3 Å². The molecule has 1 N–H and O–H groups in total. The Morgan fingerprint density at radius 3 is 2.36 bits per heavy atom. The number of carbonyl (C=O) groups excluding carboxylic acids is 2. The zero-order valence-corrected chi connectivity index (χ0v) is 21.0. The largest absolute Gasteiger partial charge is 0.486 e. The maximum atomic E-state index is 12.7. The van der Waals surface area contributed by atoms with Gasteiger partial charge in [0.15, 0.2) is 18.1 Å². The van der Waals surface area contributed by atoms with Gasteiger partial charge in [0.1, 0.15) is 11.8 Å². The van der Waals surface area contributed by atoms with E-state index < -0.39 is 30.9 Å². The maximum absolute atomic E-state index is 12.7. The van der Waals surface area contributed by atoms with Gasteiger partial charge in [0.05, 0.1) is 13.3 Å². The Morgan fingerprint density at radius 1 is 1.14 bits per heavy atom. The molecule has 2 aromatic rings. The van der Waals surface area contributed by atoms with Crippen LogP contribution >= 0.6 is 11.6 Å². The molecule has 0 bridgehead atoms. The monoisotopic (exact) mass is 531 g/mol. The van der Waals surface area contributed by atoms with E-state index in [0.29, 0.717) is 31.0 Å². The summed E-state index contributed by atoms with van der Waals surface area (Å²) in [6, 6.07) is 8.12. The molecule has 0 unspecified atom stereocenters. The van der Waals surface area contributed by atoms with Gasteiger partial charge in [0, 0.05) is 43.6 Å². The van der Waals surface area contributed by atoms with Gasteiger partial charge in [-0.05, 0) is 17.7 Å². The van der Waals surface area contributed by atoms with Crippen molar-refractivity contribution in [1.29, 1.82) is 0 Å². The molecule has 1 aromatic heterocycles. The van der Waals surface area contributed by atoms with Crippen molar-refractivity contribution in [2.75, 3.05) is 26.8 Å². The van der Waals surface area contributed by atoms with E-state index in [2.05, 4.69) is 15.0 Å². The first-order chi connectivity index (χ1) is 17.1. The average molecular weight is 532 g/mol. The molecule has 0 radical (unpaired) electrons. The van der Waals surface area contributed by atoms with Crippen LogP contribution in [0.5, 0.6) is 11.5 Å². The van der Waals surface area contributed by atoms with Crippen LogP contribution in [0.15, 0.2) is 36.5 Å². The summed E-state index contributed by atoms with van der Waals surface area (Å²) in [4.78, 5) is 29.7. The van der Waals surface area contributed by atoms with Crippen molar-refractivity contribution in [3.8, 4) is 11.5 Å². The van der Waals surface area contributed by atoms with Gasteiger partial charge in [0.2, 0.25) is 0 Å². The zero-order chi connectivity index (χ0) is 26.7. The number of alkyl halides is 3. The third-order valence-corrected chi connectivity index (χ3v) is 5.24. The van der Waals surface area contributed by atoms with E-state index in [4.69, 9.17) is 21.1 Å². The van der Waals surface area contributed by atoms with Crippen LogP contribution in [0.25, 0.3) is 0 Å². The number of halogens is 4. The molecular formula is C24H29ClF3N3O5. The van der Waals surface area contributed by atoms with Crippen LogP contribution in [0.3, 0.4) is 0 Å². The highest BCUT2D eigenvalue weighted by Gasteiger charge is 2.30. The molecule has 0 atom stereocenters. The summed E-state index contributed by atoms with van der Waals surface area (Å²) in [6.45, 7) is 3.38. The number of piperidine rings is 1. The molecule has 1 aromatic carbocycles. The van der Waals surface area contributed by atoms with Crippen LogP contribution in [0.2, 0.25) is 5.02 Å². The number of ether oxygens (including phenoxy) is 3. The molecule has 1 aliphatic rings. The molecule has 12 heteroatoms. The first-order valence-corrected chi connectivity index (χ1v) is 11.7. The number of nitrogens with zero attached hydrogens (tertiary/aromatic N) is 2. The quantitative estimate of drug-likeness (QED) is 0.525. The second-order valence-corrected chi connectivity index (χ2v) is 7.94. The standard InChI is InChI=1S/C22H23ClF3N3O5.C2H6/c1-32-21(31)29-8-6-16(7-9-29)34-18-10-17(27-12-19(18)33-13-22(24,25)26)20(30)28-11-14-2-4-15(23)5-3-14;1-2/h2-5,10,12,16H,6-9,11,13H2,1H3,(H,28,30);1-2H3. The fourth-order valence-electron chi connectivity index (χ4n) is 3.25. The van der Waals surface area contributed by atoms with Crippen LogP contribution < -0.4 is 14.8 Å².